The molecule has 0 aromatic heterocycles. The van der Waals surface area contributed by atoms with Crippen LogP contribution in [0.5, 0.6) is 0 Å². The van der Waals surface area contributed by atoms with Crippen molar-refractivity contribution in [3.05, 3.63) is 23.8 Å². The Hall–Kier alpha value is -1.68. The summed E-state index contributed by atoms with van der Waals surface area (Å²) in [6.07, 6.45) is 4.19. The molecular weight excluding hydrogens is 394 g/mol. The van der Waals surface area contributed by atoms with E-state index in [1.54, 1.807) is 18.2 Å². The zero-order chi connectivity index (χ0) is 20.3. The summed E-state index contributed by atoms with van der Waals surface area (Å²) in [6, 6.07) is 5.09. The van der Waals surface area contributed by atoms with Crippen LogP contribution in [0.3, 0.4) is 0 Å². The third-order valence-electron chi connectivity index (χ3n) is 5.86. The van der Waals surface area contributed by atoms with Gasteiger partial charge in [-0.2, -0.15) is 4.31 Å². The van der Waals surface area contributed by atoms with Crippen LogP contribution in [-0.2, 0) is 19.5 Å². The summed E-state index contributed by atoms with van der Waals surface area (Å²) in [6.45, 7) is 3.99. The molecule has 0 radical (unpaired) electrons. The van der Waals surface area contributed by atoms with Gasteiger partial charge in [-0.15, -0.1) is 0 Å². The first-order valence-electron chi connectivity index (χ1n) is 10.4. The molecule has 1 amide bonds. The van der Waals surface area contributed by atoms with Crippen molar-refractivity contribution in [1.82, 2.24) is 9.62 Å². The van der Waals surface area contributed by atoms with E-state index in [1.165, 1.54) is 4.31 Å². The number of anilines is 1. The zero-order valence-corrected chi connectivity index (χ0v) is 17.5. The number of nitrogens with zero attached hydrogens (tertiary/aromatic N) is 2. The van der Waals surface area contributed by atoms with Gasteiger partial charge in [0.15, 0.2) is 0 Å². The normalized spacial score (nSPS) is 22.0. The van der Waals surface area contributed by atoms with Crippen LogP contribution in [0.25, 0.3) is 0 Å². The number of carbonyl (C=O) groups excluding carboxylic acids is 1. The van der Waals surface area contributed by atoms with E-state index in [9.17, 15) is 13.2 Å². The minimum Gasteiger partial charge on any atom is -0.379 e. The van der Waals surface area contributed by atoms with Gasteiger partial charge >= 0.3 is 0 Å². The number of amides is 1. The lowest BCUT2D eigenvalue weighted by Gasteiger charge is -2.31. The maximum absolute atomic E-state index is 13.1. The molecule has 0 bridgehead atoms. The highest BCUT2D eigenvalue weighted by atomic mass is 32.2. The number of ether oxygens (including phenoxy) is 2. The number of hydrogen-bond acceptors (Lipinski definition) is 6. The maximum atomic E-state index is 13.1. The maximum Gasteiger partial charge on any atom is 0.253 e. The van der Waals surface area contributed by atoms with Gasteiger partial charge in [-0.25, -0.2) is 8.42 Å². The average molecular weight is 424 g/mol. The molecule has 8 nitrogen and oxygen atoms in total. The largest absolute Gasteiger partial charge is 0.379 e. The van der Waals surface area contributed by atoms with E-state index in [0.29, 0.717) is 58.2 Å². The van der Waals surface area contributed by atoms with E-state index in [4.69, 9.17) is 9.47 Å². The van der Waals surface area contributed by atoms with E-state index in [2.05, 4.69) is 10.2 Å². The third kappa shape index (κ3) is 4.58. The fraction of sp³-hybridized carbons (Fsp3) is 0.650. The van der Waals surface area contributed by atoms with Crippen LogP contribution in [0, 0.1) is 0 Å². The van der Waals surface area contributed by atoms with Crippen LogP contribution in [0.15, 0.2) is 23.1 Å². The van der Waals surface area contributed by atoms with Crippen LogP contribution >= 0.6 is 0 Å². The first kappa shape index (κ1) is 20.6. The number of hydrogen-bond donors (Lipinski definition) is 1. The fourth-order valence-electron chi connectivity index (χ4n) is 4.21. The van der Waals surface area contributed by atoms with Crippen molar-refractivity contribution in [2.75, 3.05) is 57.5 Å². The average Bonchev–Trinajstić information content (AvgIpc) is 3.27. The number of rotatable bonds is 5. The molecule has 0 atom stereocenters. The number of morpholine rings is 2. The van der Waals surface area contributed by atoms with Gasteiger partial charge in [-0.1, -0.05) is 12.8 Å². The van der Waals surface area contributed by atoms with E-state index in [0.717, 1.165) is 31.4 Å². The Morgan fingerprint density at radius 2 is 1.59 bits per heavy atom. The Morgan fingerprint density at radius 3 is 2.24 bits per heavy atom. The standard InChI is InChI=1S/C20H29N3O5S/c24-20(21-16-3-1-2-4-16)18-15-17(29(25,26)23-9-13-28-14-10-23)5-6-19(18)22-7-11-27-12-8-22/h5-6,15-16H,1-4,7-14H2,(H,21,24). The van der Waals surface area contributed by atoms with Gasteiger partial charge in [0.2, 0.25) is 10.0 Å². The van der Waals surface area contributed by atoms with Crippen LogP contribution < -0.4 is 10.2 Å². The lowest BCUT2D eigenvalue weighted by atomic mass is 10.1. The SMILES string of the molecule is O=C(NC1CCCC1)c1cc(S(=O)(=O)N2CCOCC2)ccc1N1CCOCC1. The number of benzene rings is 1. The molecule has 29 heavy (non-hydrogen) atoms. The predicted molar refractivity (Wildman–Crippen MR) is 109 cm³/mol. The zero-order valence-electron chi connectivity index (χ0n) is 16.6. The van der Waals surface area contributed by atoms with Crippen LogP contribution in [0.1, 0.15) is 36.0 Å². The van der Waals surface area contributed by atoms with Crippen molar-refractivity contribution < 1.29 is 22.7 Å². The van der Waals surface area contributed by atoms with Gasteiger partial charge in [0, 0.05) is 37.9 Å². The van der Waals surface area contributed by atoms with Crippen molar-refractivity contribution in [3.63, 3.8) is 0 Å². The molecule has 3 aliphatic rings. The van der Waals surface area contributed by atoms with Crippen molar-refractivity contribution in [3.8, 4) is 0 Å². The first-order chi connectivity index (χ1) is 14.1. The Bertz CT molecular complexity index is 827. The number of sulfonamides is 1. The van der Waals surface area contributed by atoms with Gasteiger partial charge < -0.3 is 19.7 Å². The molecule has 1 aromatic rings. The molecular formula is C20H29N3O5S. The summed E-state index contributed by atoms with van der Waals surface area (Å²) in [7, 11) is -3.66. The molecule has 2 saturated heterocycles. The molecule has 0 spiro atoms. The smallest absolute Gasteiger partial charge is 0.253 e. The molecule has 0 unspecified atom stereocenters. The van der Waals surface area contributed by atoms with Gasteiger partial charge in [0.1, 0.15) is 0 Å². The monoisotopic (exact) mass is 423 g/mol. The lowest BCUT2D eigenvalue weighted by Crippen LogP contribution is -2.41. The molecule has 1 aliphatic carbocycles. The highest BCUT2D eigenvalue weighted by molar-refractivity contribution is 7.89. The second-order valence-electron chi connectivity index (χ2n) is 7.75. The minimum absolute atomic E-state index is 0.160. The van der Waals surface area contributed by atoms with E-state index in [-0.39, 0.29) is 16.8 Å². The quantitative estimate of drug-likeness (QED) is 0.766. The number of nitrogens with one attached hydrogen (secondary N) is 1. The summed E-state index contributed by atoms with van der Waals surface area (Å²) in [5, 5.41) is 3.11. The highest BCUT2D eigenvalue weighted by Crippen LogP contribution is 2.28. The fourth-order valence-corrected chi connectivity index (χ4v) is 5.64. The van der Waals surface area contributed by atoms with Crippen molar-refractivity contribution in [2.24, 2.45) is 0 Å². The third-order valence-corrected chi connectivity index (χ3v) is 7.76. The summed E-state index contributed by atoms with van der Waals surface area (Å²) >= 11 is 0. The van der Waals surface area contributed by atoms with E-state index >= 15 is 0 Å². The highest BCUT2D eigenvalue weighted by Gasteiger charge is 2.29. The van der Waals surface area contributed by atoms with Crippen LogP contribution in [-0.4, -0.2) is 77.3 Å². The van der Waals surface area contributed by atoms with Gasteiger partial charge in [0.25, 0.3) is 5.91 Å². The number of carbonyl (C=O) groups is 1. The predicted octanol–water partition coefficient (Wildman–Crippen LogP) is 1.22. The Balaban J connectivity index is 1.65. The molecule has 1 saturated carbocycles. The van der Waals surface area contributed by atoms with Crippen LogP contribution in [0.2, 0.25) is 0 Å². The minimum atomic E-state index is -3.66. The van der Waals surface area contributed by atoms with Crippen LogP contribution in [0.4, 0.5) is 5.69 Å². The Kier molecular flexibility index (Phi) is 6.38. The summed E-state index contributed by atoms with van der Waals surface area (Å²) in [4.78, 5) is 15.4. The summed E-state index contributed by atoms with van der Waals surface area (Å²) in [5.74, 6) is -0.197. The van der Waals surface area contributed by atoms with E-state index < -0.39 is 10.0 Å². The second-order valence-corrected chi connectivity index (χ2v) is 9.69. The molecule has 2 heterocycles. The first-order valence-corrected chi connectivity index (χ1v) is 11.9. The van der Waals surface area contributed by atoms with Crippen molar-refractivity contribution >= 4 is 21.6 Å². The molecule has 1 N–H and O–H groups in total. The topological polar surface area (TPSA) is 88.2 Å². The molecule has 3 fully saturated rings. The van der Waals surface area contributed by atoms with Gasteiger partial charge in [0.05, 0.1) is 36.9 Å². The van der Waals surface area contributed by atoms with Crippen molar-refractivity contribution in [1.29, 1.82) is 0 Å². The Morgan fingerprint density at radius 1 is 0.966 bits per heavy atom. The Labute approximate surface area is 172 Å². The summed E-state index contributed by atoms with van der Waals surface area (Å²) < 4.78 is 38.3. The molecule has 2 aliphatic heterocycles. The molecule has 4 rings (SSSR count). The second kappa shape index (κ2) is 8.99. The van der Waals surface area contributed by atoms with E-state index in [1.807, 2.05) is 0 Å². The molecule has 160 valence electrons. The molecule has 1 aromatic carbocycles. The summed E-state index contributed by atoms with van der Waals surface area (Å²) in [5.41, 5.74) is 1.19. The van der Waals surface area contributed by atoms with Gasteiger partial charge in [-0.3, -0.25) is 4.79 Å². The van der Waals surface area contributed by atoms with Crippen molar-refractivity contribution in [2.45, 2.75) is 36.6 Å². The lowest BCUT2D eigenvalue weighted by molar-refractivity contribution is 0.0730. The molecule has 9 heteroatoms. The van der Waals surface area contributed by atoms with Gasteiger partial charge in [-0.05, 0) is 31.0 Å².